The Morgan fingerprint density at radius 1 is 1.25 bits per heavy atom. The summed E-state index contributed by atoms with van der Waals surface area (Å²) >= 11 is 5.93. The predicted octanol–water partition coefficient (Wildman–Crippen LogP) is 3.14. The molecule has 3 rings (SSSR count). The van der Waals surface area contributed by atoms with Gasteiger partial charge in [0.15, 0.2) is 0 Å². The quantitative estimate of drug-likeness (QED) is 0.862. The van der Waals surface area contributed by atoms with Crippen LogP contribution in [0, 0.1) is 5.92 Å². The molecule has 106 valence electrons. The Hall–Kier alpha value is -1.32. The van der Waals surface area contributed by atoms with E-state index < -0.39 is 0 Å². The normalized spacial score (nSPS) is 19.6. The van der Waals surface area contributed by atoms with Crippen LogP contribution >= 0.6 is 11.6 Å². The van der Waals surface area contributed by atoms with E-state index in [-0.39, 0.29) is 0 Å². The number of benzene rings is 1. The Morgan fingerprint density at radius 2 is 2.05 bits per heavy atom. The first kappa shape index (κ1) is 13.7. The molecule has 0 spiro atoms. The van der Waals surface area contributed by atoms with Crippen LogP contribution in [-0.4, -0.2) is 27.8 Å². The van der Waals surface area contributed by atoms with Crippen LogP contribution in [0.3, 0.4) is 0 Å². The topological polar surface area (TPSA) is 21.1 Å². The minimum Gasteiger partial charge on any atom is -0.297 e. The lowest BCUT2D eigenvalue weighted by Gasteiger charge is -2.16. The molecule has 1 fully saturated rings. The van der Waals surface area contributed by atoms with E-state index in [1.165, 1.54) is 30.8 Å². The molecule has 0 radical (unpaired) electrons. The number of hydrogen-bond acceptors (Lipinski definition) is 2. The third-order valence-electron chi connectivity index (χ3n) is 4.12. The number of halogens is 1. The molecule has 4 heteroatoms. The standard InChI is InChI=1S/C16H20ClN3/c1-19-16(6-8-18-19)12-20-9-7-14(11-20)10-13-2-4-15(17)5-3-13/h2-6,8,14H,7,9-12H2,1H3. The van der Waals surface area contributed by atoms with Gasteiger partial charge in [0.25, 0.3) is 0 Å². The first-order valence-corrected chi connectivity index (χ1v) is 7.52. The van der Waals surface area contributed by atoms with Gasteiger partial charge >= 0.3 is 0 Å². The summed E-state index contributed by atoms with van der Waals surface area (Å²) in [5.41, 5.74) is 2.68. The number of aryl methyl sites for hydroxylation is 1. The van der Waals surface area contributed by atoms with Crippen LogP contribution < -0.4 is 0 Å². The maximum absolute atomic E-state index is 5.93. The summed E-state index contributed by atoms with van der Waals surface area (Å²) < 4.78 is 1.96. The average molecular weight is 290 g/mol. The summed E-state index contributed by atoms with van der Waals surface area (Å²) in [5, 5.41) is 5.05. The van der Waals surface area contributed by atoms with Gasteiger partial charge in [-0.1, -0.05) is 23.7 Å². The Bertz CT molecular complexity index is 561. The van der Waals surface area contributed by atoms with Gasteiger partial charge in [0.2, 0.25) is 0 Å². The lowest BCUT2D eigenvalue weighted by atomic mass is 9.99. The van der Waals surface area contributed by atoms with E-state index in [1.54, 1.807) is 0 Å². The Labute approximate surface area is 125 Å². The van der Waals surface area contributed by atoms with E-state index in [1.807, 2.05) is 30.1 Å². The van der Waals surface area contributed by atoms with Gasteiger partial charge < -0.3 is 0 Å². The van der Waals surface area contributed by atoms with Crippen LogP contribution in [0.15, 0.2) is 36.5 Å². The molecule has 0 N–H and O–H groups in total. The van der Waals surface area contributed by atoms with Crippen molar-refractivity contribution in [3.8, 4) is 0 Å². The molecule has 2 heterocycles. The third-order valence-corrected chi connectivity index (χ3v) is 4.37. The summed E-state index contributed by atoms with van der Waals surface area (Å²) in [7, 11) is 2.01. The number of nitrogens with zero attached hydrogens (tertiary/aromatic N) is 3. The van der Waals surface area contributed by atoms with Gasteiger partial charge in [-0.05, 0) is 49.1 Å². The van der Waals surface area contributed by atoms with Gasteiger partial charge in [-0.2, -0.15) is 5.10 Å². The molecule has 1 atom stereocenters. The highest BCUT2D eigenvalue weighted by atomic mass is 35.5. The maximum atomic E-state index is 5.93. The smallest absolute Gasteiger partial charge is 0.0521 e. The highest BCUT2D eigenvalue weighted by molar-refractivity contribution is 6.30. The second-order valence-electron chi connectivity index (χ2n) is 5.67. The zero-order chi connectivity index (χ0) is 13.9. The summed E-state index contributed by atoms with van der Waals surface area (Å²) in [5.74, 6) is 0.754. The zero-order valence-corrected chi connectivity index (χ0v) is 12.6. The minimum atomic E-state index is 0.754. The van der Waals surface area contributed by atoms with Gasteiger partial charge in [-0.3, -0.25) is 9.58 Å². The first-order valence-electron chi connectivity index (χ1n) is 7.14. The molecular weight excluding hydrogens is 270 g/mol. The summed E-state index contributed by atoms with van der Waals surface area (Å²) in [6.07, 6.45) is 4.30. The molecule has 1 aromatic carbocycles. The number of likely N-dealkylation sites (tertiary alicyclic amines) is 1. The fourth-order valence-corrected chi connectivity index (χ4v) is 3.09. The fraction of sp³-hybridized carbons (Fsp3) is 0.438. The van der Waals surface area contributed by atoms with Crippen molar-refractivity contribution in [2.45, 2.75) is 19.4 Å². The van der Waals surface area contributed by atoms with Crippen molar-refractivity contribution in [2.75, 3.05) is 13.1 Å². The predicted molar refractivity (Wildman–Crippen MR) is 81.7 cm³/mol. The van der Waals surface area contributed by atoms with Crippen LogP contribution in [0.25, 0.3) is 0 Å². The fourth-order valence-electron chi connectivity index (χ4n) is 2.96. The summed E-state index contributed by atoms with van der Waals surface area (Å²) in [4.78, 5) is 2.53. The highest BCUT2D eigenvalue weighted by Gasteiger charge is 2.23. The molecular formula is C16H20ClN3. The Morgan fingerprint density at radius 3 is 2.75 bits per heavy atom. The van der Waals surface area contributed by atoms with Crippen molar-refractivity contribution >= 4 is 11.6 Å². The number of hydrogen-bond donors (Lipinski definition) is 0. The molecule has 3 nitrogen and oxygen atoms in total. The van der Waals surface area contributed by atoms with Crippen molar-refractivity contribution < 1.29 is 0 Å². The van der Waals surface area contributed by atoms with E-state index in [2.05, 4.69) is 28.2 Å². The highest BCUT2D eigenvalue weighted by Crippen LogP contribution is 2.23. The van der Waals surface area contributed by atoms with Crippen LogP contribution in [0.5, 0.6) is 0 Å². The summed E-state index contributed by atoms with van der Waals surface area (Å²) in [6.45, 7) is 3.37. The monoisotopic (exact) mass is 289 g/mol. The van der Waals surface area contributed by atoms with Crippen molar-refractivity contribution in [1.29, 1.82) is 0 Å². The van der Waals surface area contributed by atoms with Crippen LogP contribution in [-0.2, 0) is 20.0 Å². The molecule has 0 bridgehead atoms. The van der Waals surface area contributed by atoms with E-state index in [9.17, 15) is 0 Å². The molecule has 0 aliphatic carbocycles. The van der Waals surface area contributed by atoms with Gasteiger partial charge in [0.05, 0.1) is 5.69 Å². The largest absolute Gasteiger partial charge is 0.297 e. The lowest BCUT2D eigenvalue weighted by molar-refractivity contribution is 0.307. The lowest BCUT2D eigenvalue weighted by Crippen LogP contribution is -2.22. The van der Waals surface area contributed by atoms with Crippen LogP contribution in [0.2, 0.25) is 5.02 Å². The molecule has 1 aliphatic heterocycles. The minimum absolute atomic E-state index is 0.754. The van der Waals surface area contributed by atoms with Gasteiger partial charge in [-0.25, -0.2) is 0 Å². The van der Waals surface area contributed by atoms with Gasteiger partial charge in [0.1, 0.15) is 0 Å². The van der Waals surface area contributed by atoms with Crippen molar-refractivity contribution in [1.82, 2.24) is 14.7 Å². The van der Waals surface area contributed by atoms with Crippen LogP contribution in [0.1, 0.15) is 17.7 Å². The molecule has 0 saturated carbocycles. The van der Waals surface area contributed by atoms with Gasteiger partial charge in [0, 0.05) is 31.4 Å². The first-order chi connectivity index (χ1) is 9.70. The molecule has 1 aromatic heterocycles. The van der Waals surface area contributed by atoms with E-state index in [0.29, 0.717) is 0 Å². The molecule has 2 aromatic rings. The maximum Gasteiger partial charge on any atom is 0.0521 e. The molecule has 1 saturated heterocycles. The Kier molecular flexibility index (Phi) is 4.08. The zero-order valence-electron chi connectivity index (χ0n) is 11.8. The second-order valence-corrected chi connectivity index (χ2v) is 6.10. The van der Waals surface area contributed by atoms with E-state index in [0.717, 1.165) is 23.9 Å². The SMILES string of the molecule is Cn1nccc1CN1CCC(Cc2ccc(Cl)cc2)C1. The molecule has 1 aliphatic rings. The number of aromatic nitrogens is 2. The van der Waals surface area contributed by atoms with Gasteiger partial charge in [-0.15, -0.1) is 0 Å². The van der Waals surface area contributed by atoms with Crippen molar-refractivity contribution in [3.63, 3.8) is 0 Å². The van der Waals surface area contributed by atoms with E-state index >= 15 is 0 Å². The third kappa shape index (κ3) is 3.22. The average Bonchev–Trinajstić information content (AvgIpc) is 3.03. The van der Waals surface area contributed by atoms with Crippen molar-refractivity contribution in [2.24, 2.45) is 13.0 Å². The molecule has 20 heavy (non-hydrogen) atoms. The second kappa shape index (κ2) is 5.98. The van der Waals surface area contributed by atoms with Crippen LogP contribution in [0.4, 0.5) is 0 Å². The Balaban J connectivity index is 1.54. The summed E-state index contributed by atoms with van der Waals surface area (Å²) in [6, 6.07) is 10.4. The molecule has 1 unspecified atom stereocenters. The molecule has 0 amide bonds. The number of rotatable bonds is 4. The van der Waals surface area contributed by atoms with E-state index in [4.69, 9.17) is 11.6 Å². The van der Waals surface area contributed by atoms with Crippen molar-refractivity contribution in [3.05, 3.63) is 52.8 Å².